The number of rotatable bonds is 3. The molecule has 118 valence electrons. The van der Waals surface area contributed by atoms with Crippen molar-refractivity contribution in [2.24, 2.45) is 0 Å². The van der Waals surface area contributed by atoms with E-state index in [0.29, 0.717) is 12.1 Å². The molecule has 24 heavy (non-hydrogen) atoms. The van der Waals surface area contributed by atoms with Crippen LogP contribution in [0.25, 0.3) is 21.7 Å². The molecule has 1 amide bonds. The van der Waals surface area contributed by atoms with Crippen LogP contribution in [0.1, 0.15) is 15.2 Å². The van der Waals surface area contributed by atoms with Gasteiger partial charge in [-0.2, -0.15) is 0 Å². The first-order valence-corrected chi connectivity index (χ1v) is 8.36. The predicted molar refractivity (Wildman–Crippen MR) is 95.5 cm³/mol. The summed E-state index contributed by atoms with van der Waals surface area (Å²) in [5, 5.41) is 7.45. The van der Waals surface area contributed by atoms with Crippen LogP contribution in [0.3, 0.4) is 0 Å². The van der Waals surface area contributed by atoms with Crippen molar-refractivity contribution in [3.05, 3.63) is 80.8 Å². The Bertz CT molecular complexity index is 1100. The van der Waals surface area contributed by atoms with E-state index in [1.54, 1.807) is 23.5 Å². The Morgan fingerprint density at radius 3 is 2.75 bits per heavy atom. The van der Waals surface area contributed by atoms with Gasteiger partial charge in [0.2, 0.25) is 0 Å². The number of hydrogen-bond acceptors (Lipinski definition) is 4. The molecule has 0 aliphatic carbocycles. The van der Waals surface area contributed by atoms with E-state index in [1.807, 2.05) is 47.8 Å². The number of benzene rings is 2. The van der Waals surface area contributed by atoms with Crippen molar-refractivity contribution in [3.8, 4) is 0 Å². The van der Waals surface area contributed by atoms with Gasteiger partial charge in [0.25, 0.3) is 5.91 Å². The van der Waals surface area contributed by atoms with E-state index in [9.17, 15) is 9.59 Å². The molecular weight excluding hydrogens is 322 g/mol. The lowest BCUT2D eigenvalue weighted by atomic mass is 10.0. The summed E-state index contributed by atoms with van der Waals surface area (Å²) in [6, 6.07) is 16.9. The normalized spacial score (nSPS) is 11.0. The minimum absolute atomic E-state index is 0.0235. The Balaban J connectivity index is 1.77. The number of carbonyl (C=O) groups is 1. The second-order valence-corrected chi connectivity index (χ2v) is 6.44. The molecule has 0 atom stereocenters. The number of thiophene rings is 1. The van der Waals surface area contributed by atoms with Crippen LogP contribution in [-0.4, -0.2) is 5.91 Å². The molecule has 0 spiro atoms. The summed E-state index contributed by atoms with van der Waals surface area (Å²) >= 11 is 1.55. The fourth-order valence-corrected chi connectivity index (χ4v) is 3.35. The second kappa shape index (κ2) is 5.94. The molecule has 2 aromatic carbocycles. The van der Waals surface area contributed by atoms with Gasteiger partial charge in [-0.1, -0.05) is 36.4 Å². The molecule has 2 aromatic heterocycles. The summed E-state index contributed by atoms with van der Waals surface area (Å²) < 4.78 is 5.35. The van der Waals surface area contributed by atoms with Crippen LogP contribution in [0.2, 0.25) is 0 Å². The van der Waals surface area contributed by atoms with Gasteiger partial charge in [0.05, 0.1) is 6.54 Å². The first-order chi connectivity index (χ1) is 11.7. The standard InChI is InChI=1S/C19H13NO3S/c21-18(20-11-13-5-3-9-24-13)16-10-15-14-6-2-1-4-12(14)7-8-17(15)23-19(16)22/h1-10H,11H2,(H,20,21). The van der Waals surface area contributed by atoms with Crippen LogP contribution in [0, 0.1) is 0 Å². The smallest absolute Gasteiger partial charge is 0.349 e. The maximum atomic E-state index is 12.4. The van der Waals surface area contributed by atoms with Gasteiger partial charge < -0.3 is 9.73 Å². The average Bonchev–Trinajstić information content (AvgIpc) is 3.12. The molecule has 0 aliphatic heterocycles. The maximum Gasteiger partial charge on any atom is 0.349 e. The maximum absolute atomic E-state index is 12.4. The van der Waals surface area contributed by atoms with Gasteiger partial charge in [-0.25, -0.2) is 4.79 Å². The second-order valence-electron chi connectivity index (χ2n) is 5.41. The summed E-state index contributed by atoms with van der Waals surface area (Å²) in [5.74, 6) is -0.424. The van der Waals surface area contributed by atoms with Gasteiger partial charge in [-0.05, 0) is 34.4 Å². The van der Waals surface area contributed by atoms with Crippen LogP contribution in [-0.2, 0) is 6.54 Å². The van der Waals surface area contributed by atoms with Crippen LogP contribution in [0.5, 0.6) is 0 Å². The lowest BCUT2D eigenvalue weighted by Gasteiger charge is -2.06. The van der Waals surface area contributed by atoms with Crippen molar-refractivity contribution in [1.29, 1.82) is 0 Å². The van der Waals surface area contributed by atoms with Crippen molar-refractivity contribution in [3.63, 3.8) is 0 Å². The molecule has 0 bridgehead atoms. The summed E-state index contributed by atoms with van der Waals surface area (Å²) in [5.41, 5.74) is -0.120. The molecule has 0 saturated heterocycles. The quantitative estimate of drug-likeness (QED) is 0.456. The number of fused-ring (bicyclic) bond motifs is 3. The molecule has 0 aliphatic rings. The van der Waals surface area contributed by atoms with Gasteiger partial charge in [-0.3, -0.25) is 4.79 Å². The predicted octanol–water partition coefficient (Wildman–Crippen LogP) is 3.94. The fourth-order valence-electron chi connectivity index (χ4n) is 2.71. The van der Waals surface area contributed by atoms with Gasteiger partial charge in [0, 0.05) is 10.3 Å². The Labute approximate surface area is 141 Å². The summed E-state index contributed by atoms with van der Waals surface area (Å²) in [6.45, 7) is 0.392. The first kappa shape index (κ1) is 14.7. The largest absolute Gasteiger partial charge is 0.422 e. The molecule has 0 unspecified atom stereocenters. The van der Waals surface area contributed by atoms with E-state index in [0.717, 1.165) is 21.0 Å². The zero-order chi connectivity index (χ0) is 16.5. The lowest BCUT2D eigenvalue weighted by Crippen LogP contribution is -2.27. The summed E-state index contributed by atoms with van der Waals surface area (Å²) in [7, 11) is 0. The molecule has 0 radical (unpaired) electrons. The molecule has 1 N–H and O–H groups in total. The van der Waals surface area contributed by atoms with E-state index in [-0.39, 0.29) is 5.56 Å². The van der Waals surface area contributed by atoms with Crippen molar-refractivity contribution in [2.45, 2.75) is 6.54 Å². The first-order valence-electron chi connectivity index (χ1n) is 7.48. The van der Waals surface area contributed by atoms with E-state index < -0.39 is 11.5 Å². The minimum Gasteiger partial charge on any atom is -0.422 e. The van der Waals surface area contributed by atoms with Crippen LogP contribution < -0.4 is 10.9 Å². The van der Waals surface area contributed by atoms with E-state index in [1.165, 1.54) is 0 Å². The van der Waals surface area contributed by atoms with Gasteiger partial charge in [0.1, 0.15) is 11.1 Å². The van der Waals surface area contributed by atoms with E-state index in [2.05, 4.69) is 5.32 Å². The molecule has 0 fully saturated rings. The van der Waals surface area contributed by atoms with E-state index in [4.69, 9.17) is 4.42 Å². The number of amides is 1. The molecule has 5 heteroatoms. The molecule has 4 aromatic rings. The molecular formula is C19H13NO3S. The number of hydrogen-bond donors (Lipinski definition) is 1. The van der Waals surface area contributed by atoms with Crippen LogP contribution in [0.4, 0.5) is 0 Å². The highest BCUT2D eigenvalue weighted by atomic mass is 32.1. The van der Waals surface area contributed by atoms with Crippen molar-refractivity contribution >= 4 is 39.0 Å². The Morgan fingerprint density at radius 1 is 1.04 bits per heavy atom. The lowest BCUT2D eigenvalue weighted by molar-refractivity contribution is 0.0948. The third-order valence-electron chi connectivity index (χ3n) is 3.89. The number of nitrogens with one attached hydrogen (secondary N) is 1. The third kappa shape index (κ3) is 2.59. The van der Waals surface area contributed by atoms with Gasteiger partial charge in [-0.15, -0.1) is 11.3 Å². The minimum atomic E-state index is -0.624. The fraction of sp³-hybridized carbons (Fsp3) is 0.0526. The SMILES string of the molecule is O=C(NCc1cccs1)c1cc2c(ccc3ccccc32)oc1=O. The molecule has 4 nitrogen and oxygen atoms in total. The molecule has 2 heterocycles. The Hall–Kier alpha value is -2.92. The summed E-state index contributed by atoms with van der Waals surface area (Å²) in [4.78, 5) is 25.5. The highest BCUT2D eigenvalue weighted by Crippen LogP contribution is 2.24. The highest BCUT2D eigenvalue weighted by molar-refractivity contribution is 7.09. The van der Waals surface area contributed by atoms with Crippen LogP contribution in [0.15, 0.2) is 69.2 Å². The average molecular weight is 335 g/mol. The van der Waals surface area contributed by atoms with Crippen molar-refractivity contribution < 1.29 is 9.21 Å². The van der Waals surface area contributed by atoms with Crippen LogP contribution >= 0.6 is 11.3 Å². The third-order valence-corrected chi connectivity index (χ3v) is 4.77. The number of carbonyl (C=O) groups excluding carboxylic acids is 1. The van der Waals surface area contributed by atoms with Crippen molar-refractivity contribution in [1.82, 2.24) is 5.32 Å². The zero-order valence-corrected chi connectivity index (χ0v) is 13.4. The topological polar surface area (TPSA) is 59.3 Å². The molecule has 0 saturated carbocycles. The monoisotopic (exact) mass is 335 g/mol. The Kier molecular flexibility index (Phi) is 3.63. The van der Waals surface area contributed by atoms with E-state index >= 15 is 0 Å². The Morgan fingerprint density at radius 2 is 1.92 bits per heavy atom. The molecule has 4 rings (SSSR count). The summed E-state index contributed by atoms with van der Waals surface area (Å²) in [6.07, 6.45) is 0. The zero-order valence-electron chi connectivity index (χ0n) is 12.6. The highest BCUT2D eigenvalue weighted by Gasteiger charge is 2.14. The van der Waals surface area contributed by atoms with Crippen molar-refractivity contribution in [2.75, 3.05) is 0 Å². The van der Waals surface area contributed by atoms with Gasteiger partial charge in [0.15, 0.2) is 0 Å². The van der Waals surface area contributed by atoms with Gasteiger partial charge >= 0.3 is 5.63 Å².